The lowest BCUT2D eigenvalue weighted by molar-refractivity contribution is -0.133. The molecular weight excluding hydrogens is 272 g/mol. The van der Waals surface area contributed by atoms with Crippen LogP contribution in [-0.4, -0.2) is 48.1 Å². The van der Waals surface area contributed by atoms with Crippen LogP contribution in [0, 0.1) is 12.8 Å². The van der Waals surface area contributed by atoms with Gasteiger partial charge in [-0.05, 0) is 31.7 Å². The highest BCUT2D eigenvalue weighted by atomic mass is 16.3. The Bertz CT molecular complexity index is 490. The highest BCUT2D eigenvalue weighted by Crippen LogP contribution is 2.17. The van der Waals surface area contributed by atoms with E-state index in [1.165, 1.54) is 6.26 Å². The summed E-state index contributed by atoms with van der Waals surface area (Å²) in [6.07, 6.45) is 3.44. The second-order valence-corrected chi connectivity index (χ2v) is 5.44. The standard InChI is InChI=1S/C15H22N2O4/c1-11-5-9-21-14(11)15(20)16-10-12-2-6-17(7-3-12)13(19)4-8-18/h5,9,12,18H,2-4,6-8,10H2,1H3,(H,16,20). The minimum absolute atomic E-state index is 0.00574. The molecule has 2 amide bonds. The van der Waals surface area contributed by atoms with Gasteiger partial charge in [0.15, 0.2) is 5.76 Å². The van der Waals surface area contributed by atoms with E-state index in [9.17, 15) is 9.59 Å². The maximum absolute atomic E-state index is 11.9. The van der Waals surface area contributed by atoms with E-state index in [4.69, 9.17) is 9.52 Å². The third-order valence-corrected chi connectivity index (χ3v) is 3.91. The Balaban J connectivity index is 1.73. The van der Waals surface area contributed by atoms with Crippen molar-refractivity contribution in [1.29, 1.82) is 0 Å². The minimum Gasteiger partial charge on any atom is -0.459 e. The van der Waals surface area contributed by atoms with Crippen LogP contribution in [0.1, 0.15) is 35.4 Å². The molecule has 2 heterocycles. The van der Waals surface area contributed by atoms with E-state index >= 15 is 0 Å². The van der Waals surface area contributed by atoms with Crippen LogP contribution in [0.2, 0.25) is 0 Å². The molecule has 1 aromatic heterocycles. The molecular formula is C15H22N2O4. The Kier molecular flexibility index (Phi) is 5.38. The second kappa shape index (κ2) is 7.26. The Labute approximate surface area is 124 Å². The third kappa shape index (κ3) is 4.07. The Morgan fingerprint density at radius 1 is 1.43 bits per heavy atom. The van der Waals surface area contributed by atoms with Crippen LogP contribution in [0.15, 0.2) is 16.7 Å². The molecule has 2 rings (SSSR count). The van der Waals surface area contributed by atoms with Gasteiger partial charge in [-0.1, -0.05) is 0 Å². The summed E-state index contributed by atoms with van der Waals surface area (Å²) in [5.41, 5.74) is 0.830. The first-order chi connectivity index (χ1) is 10.1. The highest BCUT2D eigenvalue weighted by molar-refractivity contribution is 5.92. The van der Waals surface area contributed by atoms with E-state index in [1.54, 1.807) is 11.0 Å². The molecule has 1 fully saturated rings. The lowest BCUT2D eigenvalue weighted by Crippen LogP contribution is -2.41. The molecule has 0 unspecified atom stereocenters. The first-order valence-corrected chi connectivity index (χ1v) is 7.32. The van der Waals surface area contributed by atoms with E-state index in [1.807, 2.05) is 6.92 Å². The van der Waals surface area contributed by atoms with Gasteiger partial charge in [0.05, 0.1) is 12.9 Å². The van der Waals surface area contributed by atoms with Crippen LogP contribution in [-0.2, 0) is 4.79 Å². The van der Waals surface area contributed by atoms with Crippen LogP contribution in [0.4, 0.5) is 0 Å². The fraction of sp³-hybridized carbons (Fsp3) is 0.600. The molecule has 0 spiro atoms. The van der Waals surface area contributed by atoms with E-state index in [-0.39, 0.29) is 24.8 Å². The molecule has 1 aliphatic rings. The average molecular weight is 294 g/mol. The molecule has 1 aliphatic heterocycles. The Morgan fingerprint density at radius 2 is 2.14 bits per heavy atom. The number of furan rings is 1. The van der Waals surface area contributed by atoms with Crippen molar-refractivity contribution in [3.05, 3.63) is 23.7 Å². The number of likely N-dealkylation sites (tertiary alicyclic amines) is 1. The molecule has 2 N–H and O–H groups in total. The molecule has 21 heavy (non-hydrogen) atoms. The van der Waals surface area contributed by atoms with Crippen molar-refractivity contribution in [2.24, 2.45) is 5.92 Å². The summed E-state index contributed by atoms with van der Waals surface area (Å²) in [6.45, 7) is 3.72. The molecule has 0 aromatic carbocycles. The number of aliphatic hydroxyl groups excluding tert-OH is 1. The number of nitrogens with zero attached hydrogens (tertiary/aromatic N) is 1. The number of carbonyl (C=O) groups is 2. The summed E-state index contributed by atoms with van der Waals surface area (Å²) < 4.78 is 5.15. The van der Waals surface area contributed by atoms with Gasteiger partial charge >= 0.3 is 0 Å². The number of amides is 2. The third-order valence-electron chi connectivity index (χ3n) is 3.91. The molecule has 1 saturated heterocycles. The Hall–Kier alpha value is -1.82. The number of piperidine rings is 1. The fourth-order valence-corrected chi connectivity index (χ4v) is 2.56. The van der Waals surface area contributed by atoms with E-state index in [2.05, 4.69) is 5.32 Å². The van der Waals surface area contributed by atoms with E-state index in [0.717, 1.165) is 18.4 Å². The van der Waals surface area contributed by atoms with Gasteiger partial charge in [0.2, 0.25) is 5.91 Å². The van der Waals surface area contributed by atoms with Crippen LogP contribution in [0.5, 0.6) is 0 Å². The number of hydrogen-bond donors (Lipinski definition) is 2. The summed E-state index contributed by atoms with van der Waals surface area (Å²) in [5, 5.41) is 11.7. The highest BCUT2D eigenvalue weighted by Gasteiger charge is 2.23. The monoisotopic (exact) mass is 294 g/mol. The quantitative estimate of drug-likeness (QED) is 0.846. The molecule has 0 radical (unpaired) electrons. The van der Waals surface area contributed by atoms with Gasteiger partial charge in [0.25, 0.3) is 5.91 Å². The van der Waals surface area contributed by atoms with Gasteiger partial charge < -0.3 is 19.7 Å². The molecule has 0 atom stereocenters. The zero-order chi connectivity index (χ0) is 15.2. The average Bonchev–Trinajstić information content (AvgIpc) is 2.92. The van der Waals surface area contributed by atoms with Crippen molar-refractivity contribution >= 4 is 11.8 Å². The molecule has 0 saturated carbocycles. The van der Waals surface area contributed by atoms with Crippen LogP contribution in [0.3, 0.4) is 0 Å². The number of nitrogens with one attached hydrogen (secondary N) is 1. The molecule has 0 aliphatic carbocycles. The first-order valence-electron chi connectivity index (χ1n) is 7.32. The normalized spacial score (nSPS) is 16.0. The van der Waals surface area contributed by atoms with E-state index < -0.39 is 0 Å². The maximum Gasteiger partial charge on any atom is 0.287 e. The second-order valence-electron chi connectivity index (χ2n) is 5.44. The predicted octanol–water partition coefficient (Wildman–Crippen LogP) is 0.939. The molecule has 1 aromatic rings. The number of carbonyl (C=O) groups excluding carboxylic acids is 2. The van der Waals surface area contributed by atoms with E-state index in [0.29, 0.717) is 31.3 Å². The van der Waals surface area contributed by atoms with Gasteiger partial charge in [-0.25, -0.2) is 0 Å². The summed E-state index contributed by atoms with van der Waals surface area (Å²) in [6, 6.07) is 1.76. The lowest BCUT2D eigenvalue weighted by Gasteiger charge is -2.32. The smallest absolute Gasteiger partial charge is 0.287 e. The topological polar surface area (TPSA) is 82.8 Å². The summed E-state index contributed by atoms with van der Waals surface area (Å²) >= 11 is 0. The van der Waals surface area contributed by atoms with Gasteiger partial charge in [-0.2, -0.15) is 0 Å². The zero-order valence-electron chi connectivity index (χ0n) is 12.3. The van der Waals surface area contributed by atoms with Crippen LogP contribution in [0.25, 0.3) is 0 Å². The zero-order valence-corrected chi connectivity index (χ0v) is 12.3. The minimum atomic E-state index is -0.184. The molecule has 0 bridgehead atoms. The van der Waals surface area contributed by atoms with Gasteiger partial charge in [-0.3, -0.25) is 9.59 Å². The lowest BCUT2D eigenvalue weighted by atomic mass is 9.96. The van der Waals surface area contributed by atoms with Crippen LogP contribution >= 0.6 is 0 Å². The fourth-order valence-electron chi connectivity index (χ4n) is 2.56. The van der Waals surface area contributed by atoms with Crippen molar-refractivity contribution < 1.29 is 19.1 Å². The summed E-state index contributed by atoms with van der Waals surface area (Å²) in [7, 11) is 0. The van der Waals surface area contributed by atoms with Crippen molar-refractivity contribution in [2.45, 2.75) is 26.2 Å². The molecule has 6 heteroatoms. The van der Waals surface area contributed by atoms with Gasteiger partial charge in [0.1, 0.15) is 0 Å². The Morgan fingerprint density at radius 3 is 2.71 bits per heavy atom. The van der Waals surface area contributed by atoms with Crippen molar-refractivity contribution in [3.8, 4) is 0 Å². The number of rotatable bonds is 5. The maximum atomic E-state index is 11.9. The van der Waals surface area contributed by atoms with Crippen molar-refractivity contribution in [1.82, 2.24) is 10.2 Å². The summed E-state index contributed by atoms with van der Waals surface area (Å²) in [5.74, 6) is 0.565. The first kappa shape index (κ1) is 15.6. The number of aliphatic hydroxyl groups is 1. The van der Waals surface area contributed by atoms with Gasteiger partial charge in [0, 0.05) is 31.6 Å². The van der Waals surface area contributed by atoms with Crippen LogP contribution < -0.4 is 5.32 Å². The van der Waals surface area contributed by atoms with Crippen molar-refractivity contribution in [2.75, 3.05) is 26.2 Å². The molecule has 116 valence electrons. The van der Waals surface area contributed by atoms with Gasteiger partial charge in [-0.15, -0.1) is 0 Å². The summed E-state index contributed by atoms with van der Waals surface area (Å²) in [4.78, 5) is 25.4. The largest absolute Gasteiger partial charge is 0.459 e. The predicted molar refractivity (Wildman–Crippen MR) is 76.8 cm³/mol. The molecule has 6 nitrogen and oxygen atoms in total. The van der Waals surface area contributed by atoms with Crippen molar-refractivity contribution in [3.63, 3.8) is 0 Å². The SMILES string of the molecule is Cc1ccoc1C(=O)NCC1CCN(C(=O)CCO)CC1. The number of aryl methyl sites for hydroxylation is 1. The number of hydrogen-bond acceptors (Lipinski definition) is 4.